The van der Waals surface area contributed by atoms with Gasteiger partial charge < -0.3 is 5.32 Å². The Labute approximate surface area is 79.9 Å². The minimum absolute atomic E-state index is 0.132. The van der Waals surface area contributed by atoms with Crippen LogP contribution in [0.2, 0.25) is 0 Å². The van der Waals surface area contributed by atoms with Crippen LogP contribution in [0, 0.1) is 4.91 Å². The van der Waals surface area contributed by atoms with Gasteiger partial charge in [0.25, 0.3) is 5.69 Å². The van der Waals surface area contributed by atoms with Crippen LogP contribution in [0.5, 0.6) is 0 Å². The molecule has 1 rings (SSSR count). The number of rotatable bonds is 3. The minimum Gasteiger partial charge on any atom is -0.319 e. The van der Waals surface area contributed by atoms with Crippen LogP contribution >= 0.6 is 11.6 Å². The average molecular weight is 200 g/mol. The zero-order valence-electron chi connectivity index (χ0n) is 6.71. The Morgan fingerprint density at radius 3 is 2.77 bits per heavy atom. The maximum absolute atomic E-state index is 10.9. The molecule has 0 spiro atoms. The third kappa shape index (κ3) is 2.52. The van der Waals surface area contributed by atoms with Crippen molar-refractivity contribution in [3.05, 3.63) is 29.2 Å². The second kappa shape index (κ2) is 4.57. The molecule has 68 valence electrons. The van der Waals surface area contributed by atoms with E-state index in [1.54, 1.807) is 29.4 Å². The Morgan fingerprint density at radius 2 is 2.15 bits per heavy atom. The van der Waals surface area contributed by atoms with Gasteiger partial charge in [0, 0.05) is 16.2 Å². The van der Waals surface area contributed by atoms with Crippen LogP contribution < -0.4 is 10.5 Å². The molecular formula is C8H8ClN2O2+. The highest BCUT2D eigenvalue weighted by molar-refractivity contribution is 6.29. The van der Waals surface area contributed by atoms with Crippen LogP contribution in [0.3, 0.4) is 0 Å². The molecule has 1 aromatic carbocycles. The molecule has 2 N–H and O–H groups in total. The Hall–Kier alpha value is -1.42. The number of carbonyl (C=O) groups is 1. The highest BCUT2D eigenvalue weighted by Gasteiger charge is 2.09. The van der Waals surface area contributed by atoms with Crippen molar-refractivity contribution in [1.82, 2.24) is 0 Å². The molecule has 0 fully saturated rings. The van der Waals surface area contributed by atoms with Gasteiger partial charge in [0.2, 0.25) is 5.91 Å². The first kappa shape index (κ1) is 9.67. The number of anilines is 1. The lowest BCUT2D eigenvalue weighted by molar-refractivity contribution is -0.378. The van der Waals surface area contributed by atoms with Crippen molar-refractivity contribution in [3.63, 3.8) is 0 Å². The summed E-state index contributed by atoms with van der Waals surface area (Å²) < 4.78 is 0. The summed E-state index contributed by atoms with van der Waals surface area (Å²) in [5.74, 6) is -0.475. The number of nitrogens with one attached hydrogen (secondary N) is 2. The largest absolute Gasteiger partial charge is 0.319 e. The van der Waals surface area contributed by atoms with E-state index >= 15 is 0 Å². The second-order valence-electron chi connectivity index (χ2n) is 2.33. The van der Waals surface area contributed by atoms with Crippen LogP contribution in [0.15, 0.2) is 24.3 Å². The van der Waals surface area contributed by atoms with Crippen LogP contribution in [-0.4, -0.2) is 11.8 Å². The first-order valence-electron chi connectivity index (χ1n) is 3.61. The lowest BCUT2D eigenvalue weighted by Gasteiger charge is -2.00. The smallest absolute Gasteiger partial charge is 0.276 e. The van der Waals surface area contributed by atoms with E-state index in [9.17, 15) is 9.70 Å². The zero-order valence-corrected chi connectivity index (χ0v) is 7.47. The van der Waals surface area contributed by atoms with E-state index in [2.05, 4.69) is 5.32 Å². The van der Waals surface area contributed by atoms with Crippen molar-refractivity contribution in [2.24, 2.45) is 0 Å². The summed E-state index contributed by atoms with van der Waals surface area (Å²) in [6.07, 6.45) is 0. The summed E-state index contributed by atoms with van der Waals surface area (Å²) in [5.41, 5.74) is 0.754. The molecule has 0 unspecified atom stereocenters. The number of para-hydroxylation sites is 2. The fraction of sp³-hybridized carbons (Fsp3) is 0.125. The number of hydrogen-bond donors (Lipinski definition) is 2. The molecule has 0 aliphatic rings. The molecule has 5 heteroatoms. The predicted molar refractivity (Wildman–Crippen MR) is 49.8 cm³/mol. The van der Waals surface area contributed by atoms with E-state index in [1.807, 2.05) is 0 Å². The third-order valence-electron chi connectivity index (χ3n) is 1.43. The standard InChI is InChI=1S/C8H7ClN2O2/c9-5-8(12)10-6-3-1-2-4-7(6)11-13/h1-4H,5H2,(H,10,12)/p+1. The van der Waals surface area contributed by atoms with Gasteiger partial charge in [0.15, 0.2) is 0 Å². The fourth-order valence-electron chi connectivity index (χ4n) is 0.865. The molecule has 0 atom stereocenters. The van der Waals surface area contributed by atoms with E-state index in [1.165, 1.54) is 0 Å². The van der Waals surface area contributed by atoms with Crippen molar-refractivity contribution in [2.75, 3.05) is 11.2 Å². The number of halogens is 1. The summed E-state index contributed by atoms with van der Waals surface area (Å²) in [4.78, 5) is 21.3. The van der Waals surface area contributed by atoms with Crippen LogP contribution in [0.25, 0.3) is 0 Å². The van der Waals surface area contributed by atoms with Crippen molar-refractivity contribution in [1.29, 1.82) is 0 Å². The summed E-state index contributed by atoms with van der Waals surface area (Å²) in [7, 11) is 0. The van der Waals surface area contributed by atoms with Gasteiger partial charge in [-0.2, -0.15) is 0 Å². The van der Waals surface area contributed by atoms with E-state index < -0.39 is 0 Å². The van der Waals surface area contributed by atoms with Crippen molar-refractivity contribution in [3.8, 4) is 0 Å². The maximum atomic E-state index is 10.9. The number of alkyl halides is 1. The Morgan fingerprint density at radius 1 is 1.46 bits per heavy atom. The van der Waals surface area contributed by atoms with Gasteiger partial charge in [-0.1, -0.05) is 12.1 Å². The van der Waals surface area contributed by atoms with Crippen molar-refractivity contribution >= 4 is 28.9 Å². The Balaban J connectivity index is 2.87. The van der Waals surface area contributed by atoms with Gasteiger partial charge in [-0.3, -0.25) is 4.79 Å². The quantitative estimate of drug-likeness (QED) is 0.690. The van der Waals surface area contributed by atoms with E-state index in [4.69, 9.17) is 11.6 Å². The molecule has 0 saturated carbocycles. The lowest BCUT2D eigenvalue weighted by Crippen LogP contribution is -2.56. The number of benzene rings is 1. The zero-order chi connectivity index (χ0) is 9.68. The molecule has 0 aliphatic carbocycles. The molecule has 0 aliphatic heterocycles. The fourth-order valence-corrected chi connectivity index (χ4v) is 0.932. The average Bonchev–Trinajstić information content (AvgIpc) is 2.18. The lowest BCUT2D eigenvalue weighted by atomic mass is 10.3. The number of hydrogen-bond acceptors (Lipinski definition) is 2. The summed E-state index contributed by atoms with van der Waals surface area (Å²) in [6.45, 7) is 0. The minimum atomic E-state index is -0.343. The normalized spacial score (nSPS) is 9.31. The molecule has 1 amide bonds. The Bertz CT molecular complexity index is 328. The van der Waals surface area contributed by atoms with Crippen LogP contribution in [-0.2, 0) is 4.79 Å². The third-order valence-corrected chi connectivity index (χ3v) is 1.68. The molecule has 0 bridgehead atoms. The highest BCUT2D eigenvalue weighted by atomic mass is 35.5. The molecule has 13 heavy (non-hydrogen) atoms. The van der Waals surface area contributed by atoms with E-state index in [-0.39, 0.29) is 11.8 Å². The summed E-state index contributed by atoms with van der Waals surface area (Å²) >= 11 is 5.29. The molecule has 0 heterocycles. The van der Waals surface area contributed by atoms with E-state index in [0.717, 1.165) is 0 Å². The topological polar surface area (TPSA) is 60.1 Å². The first-order valence-corrected chi connectivity index (χ1v) is 4.14. The van der Waals surface area contributed by atoms with Crippen LogP contribution in [0.4, 0.5) is 11.4 Å². The van der Waals surface area contributed by atoms with Crippen molar-refractivity contribution < 1.29 is 9.97 Å². The summed E-state index contributed by atoms with van der Waals surface area (Å²) in [6, 6.07) is 6.59. The van der Waals surface area contributed by atoms with Gasteiger partial charge in [-0.05, 0) is 6.07 Å². The number of amides is 1. The second-order valence-corrected chi connectivity index (χ2v) is 2.60. The molecular weight excluding hydrogens is 192 g/mol. The molecule has 4 nitrogen and oxygen atoms in total. The Kier molecular flexibility index (Phi) is 3.40. The molecule has 0 saturated heterocycles. The van der Waals surface area contributed by atoms with Crippen LogP contribution in [0.1, 0.15) is 0 Å². The monoisotopic (exact) mass is 199 g/mol. The molecule has 0 radical (unpaired) electrons. The van der Waals surface area contributed by atoms with Gasteiger partial charge in [-0.25, -0.2) is 0 Å². The van der Waals surface area contributed by atoms with E-state index in [0.29, 0.717) is 11.4 Å². The number of carbonyl (C=O) groups excluding carboxylic acids is 1. The maximum Gasteiger partial charge on any atom is 0.276 e. The highest BCUT2D eigenvalue weighted by Crippen LogP contribution is 2.14. The molecule has 1 aromatic rings. The van der Waals surface area contributed by atoms with Crippen molar-refractivity contribution in [2.45, 2.75) is 0 Å². The van der Waals surface area contributed by atoms with Gasteiger partial charge in [0.05, 0.1) is 0 Å². The number of nitroso groups, excluding NO2 is 1. The van der Waals surface area contributed by atoms with Gasteiger partial charge >= 0.3 is 0 Å². The molecule has 0 aromatic heterocycles. The predicted octanol–water partition coefficient (Wildman–Crippen LogP) is 0.342. The van der Waals surface area contributed by atoms with Gasteiger partial charge in [-0.15, -0.1) is 11.6 Å². The van der Waals surface area contributed by atoms with Gasteiger partial charge in [0.1, 0.15) is 11.6 Å². The first-order chi connectivity index (χ1) is 6.27. The SMILES string of the molecule is O=[NH+]c1ccccc1NC(=O)CCl. The summed E-state index contributed by atoms with van der Waals surface area (Å²) in [5, 5.41) is 4.19.